The summed E-state index contributed by atoms with van der Waals surface area (Å²) in [5.41, 5.74) is 2.40. The van der Waals surface area contributed by atoms with Gasteiger partial charge in [0.15, 0.2) is 0 Å². The highest BCUT2D eigenvalue weighted by Gasteiger charge is 2.19. The number of hydrogen-bond donors (Lipinski definition) is 2. The SMILES string of the molecule is COC(=O)C[C@@H](NC(=O)Nc1ccc(Cl)cc1Cl)c1ccc(C(C)C)cc1. The maximum absolute atomic E-state index is 12.4. The first kappa shape index (κ1) is 21.1. The lowest BCUT2D eigenvalue weighted by Crippen LogP contribution is -2.34. The van der Waals surface area contributed by atoms with Gasteiger partial charge in [-0.3, -0.25) is 4.79 Å². The predicted octanol–water partition coefficient (Wildman–Crippen LogP) is 5.54. The third-order valence-electron chi connectivity index (χ3n) is 4.09. The van der Waals surface area contributed by atoms with Crippen molar-refractivity contribution in [3.05, 3.63) is 63.6 Å². The highest BCUT2D eigenvalue weighted by atomic mass is 35.5. The molecule has 0 saturated carbocycles. The Bertz CT molecular complexity index is 807. The molecule has 1 atom stereocenters. The number of methoxy groups -OCH3 is 1. The van der Waals surface area contributed by atoms with Gasteiger partial charge in [0.2, 0.25) is 0 Å². The van der Waals surface area contributed by atoms with Crippen LogP contribution in [0.1, 0.15) is 43.4 Å². The van der Waals surface area contributed by atoms with E-state index in [1.165, 1.54) is 18.7 Å². The minimum atomic E-state index is -0.537. The molecule has 0 aliphatic carbocycles. The third kappa shape index (κ3) is 6.15. The molecular formula is C20H22Cl2N2O3. The van der Waals surface area contributed by atoms with Crippen LogP contribution in [0.2, 0.25) is 10.0 Å². The predicted molar refractivity (Wildman–Crippen MR) is 109 cm³/mol. The van der Waals surface area contributed by atoms with Gasteiger partial charge in [0.05, 0.1) is 30.3 Å². The number of halogens is 2. The van der Waals surface area contributed by atoms with Crippen molar-refractivity contribution in [3.63, 3.8) is 0 Å². The summed E-state index contributed by atoms with van der Waals surface area (Å²) in [6.45, 7) is 4.20. The van der Waals surface area contributed by atoms with Crippen molar-refractivity contribution in [2.75, 3.05) is 12.4 Å². The molecule has 144 valence electrons. The second-order valence-corrected chi connectivity index (χ2v) is 7.22. The number of hydrogen-bond acceptors (Lipinski definition) is 3. The number of carbonyl (C=O) groups excluding carboxylic acids is 2. The molecule has 2 aromatic carbocycles. The molecule has 0 radical (unpaired) electrons. The average Bonchev–Trinajstić information content (AvgIpc) is 2.63. The first-order chi connectivity index (χ1) is 12.8. The van der Waals surface area contributed by atoms with E-state index < -0.39 is 18.0 Å². The Hall–Kier alpha value is -2.24. The summed E-state index contributed by atoms with van der Waals surface area (Å²) in [6.07, 6.45) is 0.0132. The van der Waals surface area contributed by atoms with Crippen LogP contribution in [-0.2, 0) is 9.53 Å². The second-order valence-electron chi connectivity index (χ2n) is 6.38. The minimum Gasteiger partial charge on any atom is -0.469 e. The van der Waals surface area contributed by atoms with Gasteiger partial charge < -0.3 is 15.4 Å². The molecule has 0 spiro atoms. The highest BCUT2D eigenvalue weighted by Crippen LogP contribution is 2.26. The molecule has 2 N–H and O–H groups in total. The van der Waals surface area contributed by atoms with Gasteiger partial charge in [-0.2, -0.15) is 0 Å². The molecule has 0 saturated heterocycles. The quantitative estimate of drug-likeness (QED) is 0.616. The number of urea groups is 1. The Morgan fingerprint density at radius 1 is 1.04 bits per heavy atom. The maximum atomic E-state index is 12.4. The second kappa shape index (κ2) is 9.62. The zero-order chi connectivity index (χ0) is 20.0. The molecule has 27 heavy (non-hydrogen) atoms. The van der Waals surface area contributed by atoms with Gasteiger partial charge in [-0.05, 0) is 35.2 Å². The lowest BCUT2D eigenvalue weighted by atomic mass is 9.98. The smallest absolute Gasteiger partial charge is 0.319 e. The zero-order valence-electron chi connectivity index (χ0n) is 15.4. The maximum Gasteiger partial charge on any atom is 0.319 e. The van der Waals surface area contributed by atoms with Crippen LogP contribution in [0.3, 0.4) is 0 Å². The first-order valence-electron chi connectivity index (χ1n) is 8.49. The molecule has 0 aliphatic heterocycles. The highest BCUT2D eigenvalue weighted by molar-refractivity contribution is 6.36. The van der Waals surface area contributed by atoms with Crippen LogP contribution in [0.15, 0.2) is 42.5 Å². The first-order valence-corrected chi connectivity index (χ1v) is 9.25. The van der Waals surface area contributed by atoms with E-state index in [-0.39, 0.29) is 6.42 Å². The van der Waals surface area contributed by atoms with E-state index in [4.69, 9.17) is 27.9 Å². The van der Waals surface area contributed by atoms with E-state index in [0.29, 0.717) is 21.7 Å². The molecule has 0 fully saturated rings. The number of ether oxygens (including phenoxy) is 1. The van der Waals surface area contributed by atoms with Crippen LogP contribution in [0, 0.1) is 0 Å². The van der Waals surface area contributed by atoms with E-state index in [9.17, 15) is 9.59 Å². The monoisotopic (exact) mass is 408 g/mol. The Morgan fingerprint density at radius 2 is 1.67 bits per heavy atom. The summed E-state index contributed by atoms with van der Waals surface area (Å²) in [5.74, 6) is -0.0285. The molecule has 7 heteroatoms. The van der Waals surface area contributed by atoms with Crippen molar-refractivity contribution in [2.45, 2.75) is 32.2 Å². The van der Waals surface area contributed by atoms with E-state index >= 15 is 0 Å². The normalized spacial score (nSPS) is 11.8. The molecule has 0 bridgehead atoms. The van der Waals surface area contributed by atoms with Crippen LogP contribution in [-0.4, -0.2) is 19.1 Å². The topological polar surface area (TPSA) is 67.4 Å². The molecule has 5 nitrogen and oxygen atoms in total. The molecule has 2 rings (SSSR count). The minimum absolute atomic E-state index is 0.0132. The van der Waals surface area contributed by atoms with Gasteiger partial charge in [-0.1, -0.05) is 61.3 Å². The van der Waals surface area contributed by atoms with E-state index in [1.54, 1.807) is 12.1 Å². The van der Waals surface area contributed by atoms with Crippen LogP contribution in [0.25, 0.3) is 0 Å². The molecule has 2 amide bonds. The van der Waals surface area contributed by atoms with Gasteiger partial charge in [-0.15, -0.1) is 0 Å². The van der Waals surface area contributed by atoms with E-state index in [2.05, 4.69) is 24.5 Å². The summed E-state index contributed by atoms with van der Waals surface area (Å²) < 4.78 is 4.75. The fourth-order valence-corrected chi connectivity index (χ4v) is 2.98. The van der Waals surface area contributed by atoms with E-state index in [1.807, 2.05) is 24.3 Å². The van der Waals surface area contributed by atoms with Crippen LogP contribution >= 0.6 is 23.2 Å². The number of nitrogens with one attached hydrogen (secondary N) is 2. The van der Waals surface area contributed by atoms with E-state index in [0.717, 1.165) is 5.56 Å². The average molecular weight is 409 g/mol. The lowest BCUT2D eigenvalue weighted by molar-refractivity contribution is -0.141. The molecule has 0 aliphatic rings. The number of amides is 2. The number of esters is 1. The van der Waals surface area contributed by atoms with Gasteiger partial charge in [0.1, 0.15) is 0 Å². The van der Waals surface area contributed by atoms with Crippen molar-refractivity contribution in [1.82, 2.24) is 5.32 Å². The number of benzene rings is 2. The Balaban J connectivity index is 2.15. The van der Waals surface area contributed by atoms with Crippen molar-refractivity contribution >= 4 is 40.9 Å². The summed E-state index contributed by atoms with van der Waals surface area (Å²) in [6, 6.07) is 11.5. The Morgan fingerprint density at radius 3 is 2.22 bits per heavy atom. The molecule has 0 aromatic heterocycles. The summed E-state index contributed by atoms with van der Waals surface area (Å²) in [7, 11) is 1.31. The number of anilines is 1. The van der Waals surface area contributed by atoms with Gasteiger partial charge in [0.25, 0.3) is 0 Å². The molecular weight excluding hydrogens is 387 g/mol. The molecule has 0 heterocycles. The summed E-state index contributed by atoms with van der Waals surface area (Å²) in [4.78, 5) is 24.2. The number of rotatable bonds is 6. The lowest BCUT2D eigenvalue weighted by Gasteiger charge is -2.19. The van der Waals surface area contributed by atoms with Gasteiger partial charge in [0, 0.05) is 5.02 Å². The molecule has 0 unspecified atom stereocenters. The van der Waals surface area contributed by atoms with Crippen LogP contribution in [0.4, 0.5) is 10.5 Å². The fraction of sp³-hybridized carbons (Fsp3) is 0.300. The Kier molecular flexibility index (Phi) is 7.51. The van der Waals surface area contributed by atoms with Crippen molar-refractivity contribution < 1.29 is 14.3 Å². The fourth-order valence-electron chi connectivity index (χ4n) is 2.52. The zero-order valence-corrected chi connectivity index (χ0v) is 16.9. The van der Waals surface area contributed by atoms with Gasteiger partial charge in [-0.25, -0.2) is 4.79 Å². The van der Waals surface area contributed by atoms with Crippen molar-refractivity contribution in [3.8, 4) is 0 Å². The third-order valence-corrected chi connectivity index (χ3v) is 4.64. The largest absolute Gasteiger partial charge is 0.469 e. The standard InChI is InChI=1S/C20H22Cl2N2O3/c1-12(2)13-4-6-14(7-5-13)18(11-19(25)27-3)24-20(26)23-17-9-8-15(21)10-16(17)22/h4-10,12,18H,11H2,1-3H3,(H2,23,24,26)/t18-/m1/s1. The van der Waals surface area contributed by atoms with Crippen LogP contribution < -0.4 is 10.6 Å². The van der Waals surface area contributed by atoms with Crippen molar-refractivity contribution in [1.29, 1.82) is 0 Å². The number of carbonyl (C=O) groups is 2. The van der Waals surface area contributed by atoms with Crippen LogP contribution in [0.5, 0.6) is 0 Å². The molecule has 2 aromatic rings. The van der Waals surface area contributed by atoms with Crippen molar-refractivity contribution in [2.24, 2.45) is 0 Å². The summed E-state index contributed by atoms with van der Waals surface area (Å²) >= 11 is 11.9. The Labute approximate surface area is 169 Å². The van der Waals surface area contributed by atoms with Gasteiger partial charge >= 0.3 is 12.0 Å². The summed E-state index contributed by atoms with van der Waals surface area (Å²) in [5, 5.41) is 6.26.